The number of benzene rings is 1. The van der Waals surface area contributed by atoms with Gasteiger partial charge in [0.05, 0.1) is 0 Å². The Labute approximate surface area is 91.8 Å². The maximum atomic E-state index is 13.3. The Morgan fingerprint density at radius 3 is 2.88 bits per heavy atom. The first-order valence-corrected chi connectivity index (χ1v) is 4.75. The average molecular weight is 222 g/mol. The predicted octanol–water partition coefficient (Wildman–Crippen LogP) is 2.28. The molecule has 16 heavy (non-hydrogen) atoms. The molecule has 1 heterocycles. The molecule has 1 aromatic heterocycles. The van der Waals surface area contributed by atoms with Crippen LogP contribution in [0.25, 0.3) is 0 Å². The van der Waals surface area contributed by atoms with Crippen LogP contribution in [0.15, 0.2) is 28.8 Å². The zero-order chi connectivity index (χ0) is 11.5. The van der Waals surface area contributed by atoms with Crippen molar-refractivity contribution in [3.63, 3.8) is 0 Å². The van der Waals surface area contributed by atoms with Gasteiger partial charge < -0.3 is 15.0 Å². The Morgan fingerprint density at radius 2 is 2.25 bits per heavy atom. The van der Waals surface area contributed by atoms with Gasteiger partial charge in [0.25, 0.3) is 0 Å². The van der Waals surface area contributed by atoms with Crippen molar-refractivity contribution >= 4 is 5.69 Å². The highest BCUT2D eigenvalue weighted by Gasteiger charge is 2.06. The van der Waals surface area contributed by atoms with Gasteiger partial charge in [-0.1, -0.05) is 5.16 Å². The molecule has 84 valence electrons. The van der Waals surface area contributed by atoms with Crippen LogP contribution in [0.5, 0.6) is 5.75 Å². The van der Waals surface area contributed by atoms with Crippen molar-refractivity contribution in [3.8, 4) is 5.75 Å². The number of nitrogens with zero attached hydrogens (tertiary/aromatic N) is 1. The average Bonchev–Trinajstić information content (AvgIpc) is 2.63. The molecule has 0 aliphatic rings. The van der Waals surface area contributed by atoms with E-state index in [1.807, 2.05) is 0 Å². The number of nitrogens with two attached hydrogens (primary N) is 1. The molecule has 2 N–H and O–H groups in total. The summed E-state index contributed by atoms with van der Waals surface area (Å²) >= 11 is 0. The van der Waals surface area contributed by atoms with Crippen LogP contribution in [0.2, 0.25) is 0 Å². The van der Waals surface area contributed by atoms with Crippen LogP contribution in [0.3, 0.4) is 0 Å². The van der Waals surface area contributed by atoms with Gasteiger partial charge in [-0.2, -0.15) is 0 Å². The second kappa shape index (κ2) is 4.22. The van der Waals surface area contributed by atoms with Crippen LogP contribution >= 0.6 is 0 Å². The summed E-state index contributed by atoms with van der Waals surface area (Å²) in [6.07, 6.45) is 0. The van der Waals surface area contributed by atoms with E-state index in [-0.39, 0.29) is 12.4 Å². The molecule has 0 radical (unpaired) electrons. The van der Waals surface area contributed by atoms with E-state index in [1.165, 1.54) is 12.1 Å². The van der Waals surface area contributed by atoms with E-state index in [0.717, 1.165) is 0 Å². The third-order valence-electron chi connectivity index (χ3n) is 2.01. The molecule has 0 aliphatic heterocycles. The number of rotatable bonds is 3. The summed E-state index contributed by atoms with van der Waals surface area (Å²) in [4.78, 5) is 0. The maximum Gasteiger partial charge on any atom is 0.167 e. The van der Waals surface area contributed by atoms with Crippen LogP contribution in [0.4, 0.5) is 10.1 Å². The number of hydrogen-bond donors (Lipinski definition) is 1. The van der Waals surface area contributed by atoms with E-state index in [0.29, 0.717) is 17.1 Å². The highest BCUT2D eigenvalue weighted by Crippen LogP contribution is 2.20. The lowest BCUT2D eigenvalue weighted by Crippen LogP contribution is -1.98. The predicted molar refractivity (Wildman–Crippen MR) is 56.4 cm³/mol. The van der Waals surface area contributed by atoms with E-state index in [9.17, 15) is 4.39 Å². The minimum Gasteiger partial charge on any atom is -0.484 e. The third-order valence-corrected chi connectivity index (χ3v) is 2.01. The number of hydrogen-bond acceptors (Lipinski definition) is 4. The van der Waals surface area contributed by atoms with Crippen molar-refractivity contribution in [1.82, 2.24) is 5.16 Å². The Bertz CT molecular complexity index is 496. The van der Waals surface area contributed by atoms with Crippen molar-refractivity contribution in [2.75, 3.05) is 5.73 Å². The molecule has 5 heteroatoms. The van der Waals surface area contributed by atoms with Gasteiger partial charge >= 0.3 is 0 Å². The second-order valence-corrected chi connectivity index (χ2v) is 3.41. The lowest BCUT2D eigenvalue weighted by Gasteiger charge is -2.05. The van der Waals surface area contributed by atoms with Gasteiger partial charge in [0.15, 0.2) is 11.6 Å². The van der Waals surface area contributed by atoms with Crippen LogP contribution in [0.1, 0.15) is 11.5 Å². The summed E-state index contributed by atoms with van der Waals surface area (Å²) in [6.45, 7) is 1.94. The molecule has 0 unspecified atom stereocenters. The van der Waals surface area contributed by atoms with Crippen molar-refractivity contribution in [2.24, 2.45) is 0 Å². The highest BCUT2D eigenvalue weighted by atomic mass is 19.1. The van der Waals surface area contributed by atoms with Crippen LogP contribution in [-0.4, -0.2) is 5.16 Å². The van der Waals surface area contributed by atoms with E-state index in [1.54, 1.807) is 19.1 Å². The fourth-order valence-corrected chi connectivity index (χ4v) is 1.27. The number of nitrogen functional groups attached to an aromatic ring is 1. The fraction of sp³-hybridized carbons (Fsp3) is 0.182. The number of anilines is 1. The van der Waals surface area contributed by atoms with Gasteiger partial charge in [-0.25, -0.2) is 4.39 Å². The molecular formula is C11H11FN2O2. The molecule has 0 atom stereocenters. The molecule has 2 aromatic rings. The minimum absolute atomic E-state index is 0.148. The lowest BCUT2D eigenvalue weighted by molar-refractivity contribution is 0.275. The summed E-state index contributed by atoms with van der Waals surface area (Å²) in [5.41, 5.74) is 6.40. The molecule has 0 fully saturated rings. The molecular weight excluding hydrogens is 211 g/mol. The normalized spacial score (nSPS) is 10.4. The summed E-state index contributed by atoms with van der Waals surface area (Å²) in [6, 6.07) is 6.00. The van der Waals surface area contributed by atoms with Crippen LogP contribution in [0, 0.1) is 12.7 Å². The Balaban J connectivity index is 2.04. The molecule has 0 aliphatic carbocycles. The van der Waals surface area contributed by atoms with E-state index < -0.39 is 5.82 Å². The Kier molecular flexibility index (Phi) is 2.76. The van der Waals surface area contributed by atoms with Gasteiger partial charge in [-0.3, -0.25) is 0 Å². The topological polar surface area (TPSA) is 61.3 Å². The third kappa shape index (κ3) is 2.31. The van der Waals surface area contributed by atoms with E-state index in [2.05, 4.69) is 5.16 Å². The zero-order valence-corrected chi connectivity index (χ0v) is 8.74. The maximum absolute atomic E-state index is 13.3. The SMILES string of the molecule is Cc1cc(COc2ccc(N)cc2F)no1. The molecule has 0 bridgehead atoms. The van der Waals surface area contributed by atoms with Crippen molar-refractivity contribution < 1.29 is 13.7 Å². The molecule has 2 rings (SSSR count). The second-order valence-electron chi connectivity index (χ2n) is 3.41. The lowest BCUT2D eigenvalue weighted by atomic mass is 10.3. The fourth-order valence-electron chi connectivity index (χ4n) is 1.27. The Morgan fingerprint density at radius 1 is 1.44 bits per heavy atom. The summed E-state index contributed by atoms with van der Waals surface area (Å²) < 4.78 is 23.4. The number of aryl methyl sites for hydroxylation is 1. The molecule has 0 saturated carbocycles. The van der Waals surface area contributed by atoms with Gasteiger partial charge in [0, 0.05) is 17.8 Å². The highest BCUT2D eigenvalue weighted by molar-refractivity contribution is 5.42. The molecule has 0 spiro atoms. The van der Waals surface area contributed by atoms with Crippen LogP contribution < -0.4 is 10.5 Å². The van der Waals surface area contributed by atoms with Crippen molar-refractivity contribution in [3.05, 3.63) is 41.5 Å². The van der Waals surface area contributed by atoms with E-state index >= 15 is 0 Å². The first-order chi connectivity index (χ1) is 7.65. The van der Waals surface area contributed by atoms with Crippen molar-refractivity contribution in [1.29, 1.82) is 0 Å². The molecule has 0 amide bonds. The number of ether oxygens (including phenoxy) is 1. The summed E-state index contributed by atoms with van der Waals surface area (Å²) in [7, 11) is 0. The van der Waals surface area contributed by atoms with Crippen LogP contribution in [-0.2, 0) is 6.61 Å². The zero-order valence-electron chi connectivity index (χ0n) is 8.74. The largest absolute Gasteiger partial charge is 0.484 e. The minimum atomic E-state index is -0.486. The molecule has 1 aromatic carbocycles. The quantitative estimate of drug-likeness (QED) is 0.809. The first-order valence-electron chi connectivity index (χ1n) is 4.75. The van der Waals surface area contributed by atoms with Crippen molar-refractivity contribution in [2.45, 2.75) is 13.5 Å². The van der Waals surface area contributed by atoms with Gasteiger partial charge in [-0.05, 0) is 19.1 Å². The first kappa shape index (κ1) is 10.5. The Hall–Kier alpha value is -2.04. The standard InChI is InChI=1S/C11H11FN2O2/c1-7-4-9(14-16-7)6-15-11-3-2-8(13)5-10(11)12/h2-5H,6,13H2,1H3. The molecule has 0 saturated heterocycles. The number of aromatic nitrogens is 1. The molecule has 4 nitrogen and oxygen atoms in total. The monoisotopic (exact) mass is 222 g/mol. The summed E-state index contributed by atoms with van der Waals surface area (Å²) in [5.74, 6) is 0.353. The summed E-state index contributed by atoms with van der Waals surface area (Å²) in [5, 5.41) is 3.73. The number of halogens is 1. The van der Waals surface area contributed by atoms with Gasteiger partial charge in [-0.15, -0.1) is 0 Å². The smallest absolute Gasteiger partial charge is 0.167 e. The van der Waals surface area contributed by atoms with E-state index in [4.69, 9.17) is 15.0 Å². The van der Waals surface area contributed by atoms with Gasteiger partial charge in [0.1, 0.15) is 18.1 Å². The van der Waals surface area contributed by atoms with Gasteiger partial charge in [0.2, 0.25) is 0 Å².